The molecule has 0 saturated heterocycles. The first kappa shape index (κ1) is 12.7. The molecule has 7 heteroatoms. The van der Waals surface area contributed by atoms with E-state index in [-0.39, 0.29) is 15.7 Å². The van der Waals surface area contributed by atoms with E-state index in [4.69, 9.17) is 28.3 Å². The summed E-state index contributed by atoms with van der Waals surface area (Å²) in [5.74, 6) is -1.74. The first-order valence-corrected chi connectivity index (χ1v) is 5.02. The molecule has 1 rings (SSSR count). The number of nitrogens with zero attached hydrogens (tertiary/aromatic N) is 1. The fourth-order valence-corrected chi connectivity index (χ4v) is 1.27. The molecule has 0 radical (unpaired) electrons. The number of nitrogens with one attached hydrogen (secondary N) is 1. The van der Waals surface area contributed by atoms with Crippen molar-refractivity contribution in [2.24, 2.45) is 0 Å². The highest BCUT2D eigenvalue weighted by molar-refractivity contribution is 6.35. The number of hydrogen-bond acceptors (Lipinski definition) is 3. The smallest absolute Gasteiger partial charge is 0.325 e. The van der Waals surface area contributed by atoms with Gasteiger partial charge in [-0.15, -0.1) is 0 Å². The molecule has 1 aromatic heterocycles. The maximum atomic E-state index is 11.6. The molecule has 86 valence electrons. The van der Waals surface area contributed by atoms with Gasteiger partial charge in [-0.3, -0.25) is 9.59 Å². The number of rotatable bonds is 3. The lowest BCUT2D eigenvalue weighted by Gasteiger charge is -2.10. The first-order valence-electron chi connectivity index (χ1n) is 4.26. The highest BCUT2D eigenvalue weighted by Gasteiger charge is 2.17. The molecule has 1 amide bonds. The van der Waals surface area contributed by atoms with Gasteiger partial charge in [0.25, 0.3) is 5.91 Å². The van der Waals surface area contributed by atoms with Crippen LogP contribution in [0.25, 0.3) is 0 Å². The van der Waals surface area contributed by atoms with Crippen molar-refractivity contribution < 1.29 is 14.7 Å². The van der Waals surface area contributed by atoms with Crippen LogP contribution < -0.4 is 5.32 Å². The Labute approximate surface area is 101 Å². The quantitative estimate of drug-likeness (QED) is 0.811. The minimum Gasteiger partial charge on any atom is -0.480 e. The van der Waals surface area contributed by atoms with Crippen molar-refractivity contribution >= 4 is 35.1 Å². The molecule has 16 heavy (non-hydrogen) atoms. The van der Waals surface area contributed by atoms with Crippen LogP contribution in [0.3, 0.4) is 0 Å². The topological polar surface area (TPSA) is 79.3 Å². The third-order valence-corrected chi connectivity index (χ3v) is 2.29. The molecular weight excluding hydrogens is 255 g/mol. The Balaban J connectivity index is 2.88. The standard InChI is InChI=1S/C9H8Cl2N2O3/c1-4(9(15)16)13-8(14)5-2-7(11)12-3-6(5)10/h2-4H,1H3,(H,13,14)(H,15,16)/t4-/m1/s1. The second-order valence-electron chi connectivity index (χ2n) is 3.02. The van der Waals surface area contributed by atoms with E-state index in [0.29, 0.717) is 0 Å². The van der Waals surface area contributed by atoms with Crippen LogP contribution in [0.4, 0.5) is 0 Å². The minimum absolute atomic E-state index is 0.0924. The van der Waals surface area contributed by atoms with Crippen molar-refractivity contribution in [3.8, 4) is 0 Å². The average molecular weight is 263 g/mol. The summed E-state index contributed by atoms with van der Waals surface area (Å²) in [6, 6.07) is 0.267. The van der Waals surface area contributed by atoms with Crippen LogP contribution in [-0.4, -0.2) is 28.0 Å². The van der Waals surface area contributed by atoms with Gasteiger partial charge >= 0.3 is 5.97 Å². The number of amides is 1. The summed E-state index contributed by atoms with van der Waals surface area (Å²) in [6.45, 7) is 1.34. The lowest BCUT2D eigenvalue weighted by molar-refractivity contribution is -0.138. The number of pyridine rings is 1. The first-order chi connectivity index (χ1) is 7.41. The predicted molar refractivity (Wildman–Crippen MR) is 58.8 cm³/mol. The molecule has 2 N–H and O–H groups in total. The number of aliphatic carboxylic acids is 1. The Bertz CT molecular complexity index is 437. The van der Waals surface area contributed by atoms with E-state index in [9.17, 15) is 9.59 Å². The van der Waals surface area contributed by atoms with Crippen molar-refractivity contribution in [2.75, 3.05) is 0 Å². The van der Waals surface area contributed by atoms with Crippen LogP contribution in [0, 0.1) is 0 Å². The Kier molecular flexibility index (Phi) is 4.09. The normalized spacial score (nSPS) is 11.9. The van der Waals surface area contributed by atoms with E-state index in [1.165, 1.54) is 19.2 Å². The van der Waals surface area contributed by atoms with Crippen LogP contribution in [0.15, 0.2) is 12.3 Å². The largest absolute Gasteiger partial charge is 0.480 e. The van der Waals surface area contributed by atoms with Crippen LogP contribution >= 0.6 is 23.2 Å². The Morgan fingerprint density at radius 2 is 2.12 bits per heavy atom. The van der Waals surface area contributed by atoms with Crippen molar-refractivity contribution in [3.05, 3.63) is 28.0 Å². The number of carbonyl (C=O) groups is 2. The van der Waals surface area contributed by atoms with Gasteiger partial charge in [0.15, 0.2) is 0 Å². The molecule has 0 saturated carbocycles. The van der Waals surface area contributed by atoms with E-state index in [2.05, 4.69) is 10.3 Å². The van der Waals surface area contributed by atoms with Gasteiger partial charge in [0.1, 0.15) is 11.2 Å². The Morgan fingerprint density at radius 3 is 2.69 bits per heavy atom. The fraction of sp³-hybridized carbons (Fsp3) is 0.222. The molecule has 0 bridgehead atoms. The maximum absolute atomic E-state index is 11.6. The lowest BCUT2D eigenvalue weighted by atomic mass is 10.2. The fourth-order valence-electron chi connectivity index (χ4n) is 0.923. The van der Waals surface area contributed by atoms with Crippen LogP contribution in [-0.2, 0) is 4.79 Å². The molecule has 0 aliphatic heterocycles. The Hall–Kier alpha value is -1.33. The zero-order valence-electron chi connectivity index (χ0n) is 8.20. The number of carbonyl (C=O) groups excluding carboxylic acids is 1. The maximum Gasteiger partial charge on any atom is 0.325 e. The summed E-state index contributed by atoms with van der Waals surface area (Å²) in [5.41, 5.74) is 0.0924. The number of carboxylic acids is 1. The van der Waals surface area contributed by atoms with Gasteiger partial charge in [-0.25, -0.2) is 4.98 Å². The van der Waals surface area contributed by atoms with Gasteiger partial charge in [0.05, 0.1) is 10.6 Å². The highest BCUT2D eigenvalue weighted by Crippen LogP contribution is 2.17. The van der Waals surface area contributed by atoms with Gasteiger partial charge in [-0.1, -0.05) is 23.2 Å². The summed E-state index contributed by atoms with van der Waals surface area (Å²) in [4.78, 5) is 25.8. The van der Waals surface area contributed by atoms with Crippen molar-refractivity contribution in [1.29, 1.82) is 0 Å². The van der Waals surface area contributed by atoms with Crippen molar-refractivity contribution in [2.45, 2.75) is 13.0 Å². The van der Waals surface area contributed by atoms with E-state index in [0.717, 1.165) is 0 Å². The molecule has 0 spiro atoms. The summed E-state index contributed by atoms with van der Waals surface area (Å²) in [7, 11) is 0. The van der Waals surface area contributed by atoms with Gasteiger partial charge in [-0.2, -0.15) is 0 Å². The second-order valence-corrected chi connectivity index (χ2v) is 3.81. The molecular formula is C9H8Cl2N2O3. The van der Waals surface area contributed by atoms with Gasteiger partial charge in [0.2, 0.25) is 0 Å². The number of halogens is 2. The molecule has 0 aliphatic carbocycles. The van der Waals surface area contributed by atoms with E-state index < -0.39 is 17.9 Å². The average Bonchev–Trinajstić information content (AvgIpc) is 2.21. The van der Waals surface area contributed by atoms with Gasteiger partial charge in [0, 0.05) is 6.20 Å². The van der Waals surface area contributed by atoms with Gasteiger partial charge in [-0.05, 0) is 13.0 Å². The van der Waals surface area contributed by atoms with E-state index in [1.54, 1.807) is 0 Å². The number of aromatic nitrogens is 1. The number of carboxylic acid groups (broad SMARTS) is 1. The van der Waals surface area contributed by atoms with Gasteiger partial charge < -0.3 is 10.4 Å². The van der Waals surface area contributed by atoms with Crippen LogP contribution in [0.5, 0.6) is 0 Å². The molecule has 5 nitrogen and oxygen atoms in total. The predicted octanol–water partition coefficient (Wildman–Crippen LogP) is 1.59. The summed E-state index contributed by atoms with van der Waals surface area (Å²) >= 11 is 11.3. The molecule has 1 heterocycles. The minimum atomic E-state index is -1.13. The molecule has 0 fully saturated rings. The number of hydrogen-bond donors (Lipinski definition) is 2. The second kappa shape index (κ2) is 5.14. The summed E-state index contributed by atoms with van der Waals surface area (Å²) < 4.78 is 0. The van der Waals surface area contributed by atoms with Crippen molar-refractivity contribution in [3.63, 3.8) is 0 Å². The zero-order valence-corrected chi connectivity index (χ0v) is 9.71. The lowest BCUT2D eigenvalue weighted by Crippen LogP contribution is -2.38. The monoisotopic (exact) mass is 262 g/mol. The SMILES string of the molecule is C[C@@H](NC(=O)c1cc(Cl)ncc1Cl)C(=O)O. The molecule has 0 aromatic carbocycles. The molecule has 0 aliphatic rings. The summed E-state index contributed by atoms with van der Waals surface area (Å²) in [5, 5.41) is 11.1. The zero-order chi connectivity index (χ0) is 12.3. The third kappa shape index (κ3) is 3.08. The van der Waals surface area contributed by atoms with Crippen molar-refractivity contribution in [1.82, 2.24) is 10.3 Å². The molecule has 1 atom stereocenters. The third-order valence-electron chi connectivity index (χ3n) is 1.78. The van der Waals surface area contributed by atoms with Crippen LogP contribution in [0.1, 0.15) is 17.3 Å². The summed E-state index contributed by atoms with van der Waals surface area (Å²) in [6.07, 6.45) is 1.23. The molecule has 0 unspecified atom stereocenters. The van der Waals surface area contributed by atoms with Crippen LogP contribution in [0.2, 0.25) is 10.2 Å². The van der Waals surface area contributed by atoms with E-state index >= 15 is 0 Å². The van der Waals surface area contributed by atoms with E-state index in [1.807, 2.05) is 0 Å². The highest BCUT2D eigenvalue weighted by atomic mass is 35.5. The molecule has 1 aromatic rings. The Morgan fingerprint density at radius 1 is 1.50 bits per heavy atom.